The number of aliphatic carboxylic acids is 1. The molecule has 8 nitrogen and oxygen atoms in total. The highest BCUT2D eigenvalue weighted by molar-refractivity contribution is 5.89. The molecule has 0 aromatic heterocycles. The van der Waals surface area contributed by atoms with Crippen LogP contribution in [0.2, 0.25) is 0 Å². The average molecular weight is 426 g/mol. The van der Waals surface area contributed by atoms with E-state index < -0.39 is 42.6 Å². The Morgan fingerprint density at radius 1 is 0.968 bits per heavy atom. The summed E-state index contributed by atoms with van der Waals surface area (Å²) in [6, 6.07) is 13.8. The van der Waals surface area contributed by atoms with E-state index >= 15 is 0 Å². The summed E-state index contributed by atoms with van der Waals surface area (Å²) in [7, 11) is 0. The van der Waals surface area contributed by atoms with E-state index in [9.17, 15) is 19.5 Å². The lowest BCUT2D eigenvalue weighted by Gasteiger charge is -2.22. The average Bonchev–Trinajstić information content (AvgIpc) is 3.05. The molecule has 3 atom stereocenters. The van der Waals surface area contributed by atoms with Crippen molar-refractivity contribution in [3.05, 3.63) is 59.7 Å². The molecule has 0 saturated heterocycles. The Labute approximate surface area is 180 Å². The van der Waals surface area contributed by atoms with Crippen LogP contribution < -0.4 is 10.6 Å². The Morgan fingerprint density at radius 3 is 2.03 bits per heavy atom. The van der Waals surface area contributed by atoms with Gasteiger partial charge in [-0.15, -0.1) is 0 Å². The van der Waals surface area contributed by atoms with Crippen molar-refractivity contribution in [3.8, 4) is 11.1 Å². The monoisotopic (exact) mass is 426 g/mol. The number of alkyl carbamates (subject to hydrolysis) is 1. The number of rotatable bonds is 8. The van der Waals surface area contributed by atoms with E-state index in [2.05, 4.69) is 10.6 Å². The summed E-state index contributed by atoms with van der Waals surface area (Å²) >= 11 is 0. The highest BCUT2D eigenvalue weighted by Crippen LogP contribution is 2.44. The second-order valence-corrected chi connectivity index (χ2v) is 7.66. The van der Waals surface area contributed by atoms with Crippen LogP contribution in [-0.4, -0.2) is 53.0 Å². The number of ether oxygens (including phenoxy) is 1. The Bertz CT molecular complexity index is 929. The van der Waals surface area contributed by atoms with Crippen LogP contribution >= 0.6 is 0 Å². The molecule has 2 aromatic rings. The van der Waals surface area contributed by atoms with Gasteiger partial charge in [0.2, 0.25) is 5.91 Å². The molecule has 31 heavy (non-hydrogen) atoms. The van der Waals surface area contributed by atoms with Gasteiger partial charge in [0.25, 0.3) is 0 Å². The SMILES string of the molecule is CC(O)C(C)NC(=O)C(CC(=O)O)NC(=O)OCC1c2ccccc2-c2ccccc21. The molecule has 3 unspecified atom stereocenters. The molecule has 164 valence electrons. The summed E-state index contributed by atoms with van der Waals surface area (Å²) < 4.78 is 5.38. The van der Waals surface area contributed by atoms with E-state index in [1.165, 1.54) is 6.92 Å². The van der Waals surface area contributed by atoms with Crippen LogP contribution in [0.15, 0.2) is 48.5 Å². The van der Waals surface area contributed by atoms with Gasteiger partial charge in [0.05, 0.1) is 18.6 Å². The summed E-state index contributed by atoms with van der Waals surface area (Å²) in [6.07, 6.45) is -2.32. The number of aliphatic hydroxyl groups is 1. The van der Waals surface area contributed by atoms with Gasteiger partial charge < -0.3 is 25.6 Å². The van der Waals surface area contributed by atoms with Gasteiger partial charge in [-0.1, -0.05) is 48.5 Å². The molecule has 0 spiro atoms. The third-order valence-electron chi connectivity index (χ3n) is 5.42. The topological polar surface area (TPSA) is 125 Å². The number of amides is 2. The fourth-order valence-corrected chi connectivity index (χ4v) is 3.61. The Hall–Kier alpha value is -3.39. The van der Waals surface area contributed by atoms with Crippen LogP contribution in [0.5, 0.6) is 0 Å². The molecule has 1 aliphatic carbocycles. The number of aliphatic hydroxyl groups excluding tert-OH is 1. The number of nitrogens with one attached hydrogen (secondary N) is 2. The highest BCUT2D eigenvalue weighted by atomic mass is 16.5. The van der Waals surface area contributed by atoms with Crippen molar-refractivity contribution in [1.29, 1.82) is 0 Å². The molecule has 1 aliphatic rings. The summed E-state index contributed by atoms with van der Waals surface area (Å²) in [5, 5.41) is 23.4. The van der Waals surface area contributed by atoms with Crippen LogP contribution in [0.3, 0.4) is 0 Å². The normalized spacial score (nSPS) is 15.2. The fraction of sp³-hybridized carbons (Fsp3) is 0.348. The van der Waals surface area contributed by atoms with Crippen molar-refractivity contribution in [3.63, 3.8) is 0 Å². The predicted molar refractivity (Wildman–Crippen MR) is 114 cm³/mol. The number of carbonyl (C=O) groups excluding carboxylic acids is 2. The van der Waals surface area contributed by atoms with Crippen molar-refractivity contribution in [2.24, 2.45) is 0 Å². The van der Waals surface area contributed by atoms with Crippen LogP contribution in [0.25, 0.3) is 11.1 Å². The van der Waals surface area contributed by atoms with Gasteiger partial charge in [-0.3, -0.25) is 9.59 Å². The van der Waals surface area contributed by atoms with E-state index in [4.69, 9.17) is 9.84 Å². The molecule has 8 heteroatoms. The van der Waals surface area contributed by atoms with Crippen molar-refractivity contribution < 1.29 is 29.3 Å². The van der Waals surface area contributed by atoms with Crippen LogP contribution in [0.4, 0.5) is 4.79 Å². The molecule has 2 aromatic carbocycles. The molecule has 2 amide bonds. The predicted octanol–water partition coefficient (Wildman–Crippen LogP) is 2.25. The minimum atomic E-state index is -1.32. The maximum atomic E-state index is 12.4. The van der Waals surface area contributed by atoms with Gasteiger partial charge in [0.15, 0.2) is 0 Å². The Kier molecular flexibility index (Phi) is 6.91. The number of carbonyl (C=O) groups is 3. The highest BCUT2D eigenvalue weighted by Gasteiger charge is 2.30. The molecular weight excluding hydrogens is 400 g/mol. The number of carboxylic acids is 1. The molecule has 0 heterocycles. The molecule has 3 rings (SSSR count). The van der Waals surface area contributed by atoms with Gasteiger partial charge in [-0.2, -0.15) is 0 Å². The number of hydrogen-bond acceptors (Lipinski definition) is 5. The first-order valence-electron chi connectivity index (χ1n) is 10.1. The summed E-state index contributed by atoms with van der Waals surface area (Å²) in [5.41, 5.74) is 4.26. The molecule has 0 saturated carbocycles. The first-order valence-corrected chi connectivity index (χ1v) is 10.1. The zero-order valence-corrected chi connectivity index (χ0v) is 17.4. The van der Waals surface area contributed by atoms with Crippen molar-refractivity contribution >= 4 is 18.0 Å². The van der Waals surface area contributed by atoms with Gasteiger partial charge >= 0.3 is 12.1 Å². The lowest BCUT2D eigenvalue weighted by Crippen LogP contribution is -2.52. The first-order chi connectivity index (χ1) is 14.8. The molecule has 0 aliphatic heterocycles. The van der Waals surface area contributed by atoms with E-state index in [0.717, 1.165) is 22.3 Å². The van der Waals surface area contributed by atoms with E-state index in [-0.39, 0.29) is 12.5 Å². The zero-order valence-electron chi connectivity index (χ0n) is 17.4. The molecule has 0 bridgehead atoms. The third-order valence-corrected chi connectivity index (χ3v) is 5.42. The standard InChI is InChI=1S/C23H26N2O6/c1-13(14(2)26)24-22(29)20(11-21(27)28)25-23(30)31-12-19-17-9-5-3-7-15(17)16-8-4-6-10-18(16)19/h3-10,13-14,19-20,26H,11-12H2,1-2H3,(H,24,29)(H,25,30)(H,27,28). The van der Waals surface area contributed by atoms with Crippen molar-refractivity contribution in [1.82, 2.24) is 10.6 Å². The third kappa shape index (κ3) is 5.21. The second kappa shape index (κ2) is 9.61. The Balaban J connectivity index is 1.66. The van der Waals surface area contributed by atoms with Gasteiger partial charge in [-0.05, 0) is 36.1 Å². The van der Waals surface area contributed by atoms with E-state index in [1.54, 1.807) is 6.92 Å². The van der Waals surface area contributed by atoms with Crippen molar-refractivity contribution in [2.75, 3.05) is 6.61 Å². The maximum Gasteiger partial charge on any atom is 0.407 e. The Morgan fingerprint density at radius 2 is 1.52 bits per heavy atom. The summed E-state index contributed by atoms with van der Waals surface area (Å²) in [6.45, 7) is 3.12. The fourth-order valence-electron chi connectivity index (χ4n) is 3.61. The van der Waals surface area contributed by atoms with Crippen LogP contribution in [-0.2, 0) is 14.3 Å². The smallest absolute Gasteiger partial charge is 0.407 e. The summed E-state index contributed by atoms with van der Waals surface area (Å²) in [5.74, 6) is -2.10. The molecular formula is C23H26N2O6. The quantitative estimate of drug-likeness (QED) is 0.513. The van der Waals surface area contributed by atoms with Crippen LogP contribution in [0.1, 0.15) is 37.3 Å². The summed E-state index contributed by atoms with van der Waals surface area (Å²) in [4.78, 5) is 35.9. The van der Waals surface area contributed by atoms with E-state index in [0.29, 0.717) is 0 Å². The lowest BCUT2D eigenvalue weighted by molar-refractivity contribution is -0.140. The largest absolute Gasteiger partial charge is 0.481 e. The van der Waals surface area contributed by atoms with Crippen LogP contribution in [0, 0.1) is 0 Å². The van der Waals surface area contributed by atoms with E-state index in [1.807, 2.05) is 48.5 Å². The number of hydrogen-bond donors (Lipinski definition) is 4. The van der Waals surface area contributed by atoms with Gasteiger partial charge in [0, 0.05) is 5.92 Å². The van der Waals surface area contributed by atoms with Gasteiger partial charge in [-0.25, -0.2) is 4.79 Å². The minimum Gasteiger partial charge on any atom is -0.481 e. The second-order valence-electron chi connectivity index (χ2n) is 7.66. The van der Waals surface area contributed by atoms with Gasteiger partial charge in [0.1, 0.15) is 12.6 Å². The molecule has 0 radical (unpaired) electrons. The lowest BCUT2D eigenvalue weighted by atomic mass is 9.98. The molecule has 0 fully saturated rings. The minimum absolute atomic E-state index is 0.0470. The van der Waals surface area contributed by atoms with Crippen molar-refractivity contribution in [2.45, 2.75) is 44.4 Å². The maximum absolute atomic E-state index is 12.4. The molecule has 4 N–H and O–H groups in total. The zero-order chi connectivity index (χ0) is 22.5. The number of carboxylic acid groups (broad SMARTS) is 1. The first kappa shape index (κ1) is 22.3. The number of fused-ring (bicyclic) bond motifs is 3. The number of benzene rings is 2.